The van der Waals surface area contributed by atoms with E-state index in [0.29, 0.717) is 11.4 Å². The number of nitrogens with one attached hydrogen (secondary N) is 1. The van der Waals surface area contributed by atoms with Gasteiger partial charge in [-0.2, -0.15) is 5.26 Å². The molecule has 0 saturated heterocycles. The van der Waals surface area contributed by atoms with Crippen LogP contribution in [0.4, 0.5) is 11.4 Å². The molecule has 1 aliphatic heterocycles. The normalized spacial score (nSPS) is 13.0. The predicted octanol–water partition coefficient (Wildman–Crippen LogP) is 6.46. The Balaban J connectivity index is 1.62. The summed E-state index contributed by atoms with van der Waals surface area (Å²) in [5, 5.41) is 15.1. The van der Waals surface area contributed by atoms with Crippen molar-refractivity contribution in [2.24, 2.45) is 0 Å². The molecule has 2 heterocycles. The Bertz CT molecular complexity index is 1420. The molecule has 1 aliphatic rings. The second-order valence-electron chi connectivity index (χ2n) is 7.60. The lowest BCUT2D eigenvalue weighted by atomic mass is 9.93. The van der Waals surface area contributed by atoms with E-state index in [1.54, 1.807) is 0 Å². The molecule has 1 aromatic heterocycles. The SMILES string of the molecule is C=C1Nc2cc(-c3c(C)cccc3C#N)ccc2C(=C)N1c1cncc2ccccc12. The zero-order chi connectivity index (χ0) is 21.5. The summed E-state index contributed by atoms with van der Waals surface area (Å²) in [6.07, 6.45) is 3.70. The van der Waals surface area contributed by atoms with Gasteiger partial charge in [0.25, 0.3) is 0 Å². The molecule has 5 rings (SSSR count). The molecule has 148 valence electrons. The average Bonchev–Trinajstić information content (AvgIpc) is 2.78. The summed E-state index contributed by atoms with van der Waals surface area (Å²) < 4.78 is 0. The third-order valence-electron chi connectivity index (χ3n) is 5.72. The first-order chi connectivity index (χ1) is 15.1. The van der Waals surface area contributed by atoms with E-state index in [1.165, 1.54) is 0 Å². The van der Waals surface area contributed by atoms with Crippen LogP contribution in [0.5, 0.6) is 0 Å². The number of aryl methyl sites for hydroxylation is 1. The standard InChI is InChI=1S/C27H20N4/c1-17-7-6-9-21(14-28)27(17)20-11-12-23-18(2)31(19(3)30-25(23)13-20)26-16-29-15-22-8-4-5-10-24(22)26/h4-13,15-16,30H,2-3H2,1H3. The van der Waals surface area contributed by atoms with Gasteiger partial charge in [-0.3, -0.25) is 9.88 Å². The average molecular weight is 400 g/mol. The summed E-state index contributed by atoms with van der Waals surface area (Å²) in [5.74, 6) is 0.707. The highest BCUT2D eigenvalue weighted by atomic mass is 15.3. The number of anilines is 2. The van der Waals surface area contributed by atoms with Crippen molar-refractivity contribution in [3.05, 3.63) is 109 Å². The summed E-state index contributed by atoms with van der Waals surface area (Å²) in [4.78, 5) is 6.42. The van der Waals surface area contributed by atoms with Crippen molar-refractivity contribution in [1.82, 2.24) is 4.98 Å². The van der Waals surface area contributed by atoms with Gasteiger partial charge in [0, 0.05) is 39.5 Å². The molecule has 0 spiro atoms. The molecule has 3 aromatic carbocycles. The van der Waals surface area contributed by atoms with Gasteiger partial charge in [0.05, 0.1) is 23.5 Å². The van der Waals surface area contributed by atoms with E-state index in [-0.39, 0.29) is 0 Å². The molecule has 0 amide bonds. The smallest absolute Gasteiger partial charge is 0.108 e. The van der Waals surface area contributed by atoms with Crippen molar-refractivity contribution >= 4 is 27.8 Å². The second kappa shape index (κ2) is 7.16. The summed E-state index contributed by atoms with van der Waals surface area (Å²) in [6, 6.07) is 22.4. The molecule has 0 radical (unpaired) electrons. The van der Waals surface area contributed by atoms with E-state index >= 15 is 0 Å². The van der Waals surface area contributed by atoms with E-state index < -0.39 is 0 Å². The van der Waals surface area contributed by atoms with Crippen LogP contribution in [0.25, 0.3) is 27.6 Å². The van der Waals surface area contributed by atoms with Gasteiger partial charge >= 0.3 is 0 Å². The predicted molar refractivity (Wildman–Crippen MR) is 127 cm³/mol. The third kappa shape index (κ3) is 2.95. The van der Waals surface area contributed by atoms with Crippen LogP contribution in [0.15, 0.2) is 92.0 Å². The van der Waals surface area contributed by atoms with Crippen molar-refractivity contribution in [3.63, 3.8) is 0 Å². The number of nitrogens with zero attached hydrogens (tertiary/aromatic N) is 3. The molecule has 4 nitrogen and oxygen atoms in total. The summed E-state index contributed by atoms with van der Waals surface area (Å²) in [5.41, 5.74) is 7.33. The molecule has 0 aliphatic carbocycles. The van der Waals surface area contributed by atoms with Crippen LogP contribution in [0.1, 0.15) is 16.7 Å². The molecule has 0 fully saturated rings. The molecular weight excluding hydrogens is 380 g/mol. The van der Waals surface area contributed by atoms with Crippen LogP contribution < -0.4 is 10.2 Å². The molecule has 4 heteroatoms. The first-order valence-corrected chi connectivity index (χ1v) is 10.0. The maximum Gasteiger partial charge on any atom is 0.108 e. The fourth-order valence-corrected chi connectivity index (χ4v) is 4.26. The fourth-order valence-electron chi connectivity index (χ4n) is 4.26. The van der Waals surface area contributed by atoms with E-state index in [4.69, 9.17) is 0 Å². The second-order valence-corrected chi connectivity index (χ2v) is 7.60. The number of nitriles is 1. The molecule has 0 unspecified atom stereocenters. The number of hydrogen-bond donors (Lipinski definition) is 1. The summed E-state index contributed by atoms with van der Waals surface area (Å²) in [7, 11) is 0. The van der Waals surface area contributed by atoms with E-state index in [1.807, 2.05) is 72.7 Å². The quantitative estimate of drug-likeness (QED) is 0.420. The van der Waals surface area contributed by atoms with Gasteiger partial charge in [0.1, 0.15) is 5.82 Å². The Labute approximate surface area is 181 Å². The topological polar surface area (TPSA) is 52.0 Å². The Hall–Kier alpha value is -4.36. The highest BCUT2D eigenvalue weighted by molar-refractivity contribution is 6.02. The Morgan fingerprint density at radius 1 is 1.00 bits per heavy atom. The number of fused-ring (bicyclic) bond motifs is 2. The lowest BCUT2D eigenvalue weighted by Gasteiger charge is -2.35. The van der Waals surface area contributed by atoms with Crippen molar-refractivity contribution in [1.29, 1.82) is 5.26 Å². The van der Waals surface area contributed by atoms with Crippen molar-refractivity contribution in [2.75, 3.05) is 10.2 Å². The first kappa shape index (κ1) is 18.7. The van der Waals surface area contributed by atoms with Crippen LogP contribution in [-0.2, 0) is 0 Å². The van der Waals surface area contributed by atoms with Gasteiger partial charge in [-0.05, 0) is 30.2 Å². The molecule has 0 atom stereocenters. The van der Waals surface area contributed by atoms with Gasteiger partial charge in [0.15, 0.2) is 0 Å². The highest BCUT2D eigenvalue weighted by Crippen LogP contribution is 2.42. The maximum atomic E-state index is 9.57. The minimum atomic E-state index is 0.664. The number of aromatic nitrogens is 1. The highest BCUT2D eigenvalue weighted by Gasteiger charge is 2.26. The minimum Gasteiger partial charge on any atom is -0.341 e. The van der Waals surface area contributed by atoms with Crippen molar-refractivity contribution < 1.29 is 0 Å². The molecule has 1 N–H and O–H groups in total. The summed E-state index contributed by atoms with van der Waals surface area (Å²) >= 11 is 0. The number of hydrogen-bond acceptors (Lipinski definition) is 4. The lowest BCUT2D eigenvalue weighted by molar-refractivity contribution is 1.14. The molecule has 0 bridgehead atoms. The third-order valence-corrected chi connectivity index (χ3v) is 5.72. The van der Waals surface area contributed by atoms with Crippen molar-refractivity contribution in [2.45, 2.75) is 6.92 Å². The Morgan fingerprint density at radius 3 is 2.68 bits per heavy atom. The van der Waals surface area contributed by atoms with E-state index in [9.17, 15) is 5.26 Å². The van der Waals surface area contributed by atoms with Crippen molar-refractivity contribution in [3.8, 4) is 17.2 Å². The van der Waals surface area contributed by atoms with Gasteiger partial charge < -0.3 is 5.32 Å². The van der Waals surface area contributed by atoms with Crippen LogP contribution >= 0.6 is 0 Å². The molecule has 31 heavy (non-hydrogen) atoms. The fraction of sp³-hybridized carbons (Fsp3) is 0.0370. The maximum absolute atomic E-state index is 9.57. The Morgan fingerprint density at radius 2 is 1.84 bits per heavy atom. The number of benzene rings is 3. The summed E-state index contributed by atoms with van der Waals surface area (Å²) in [6.45, 7) is 10.6. The van der Waals surface area contributed by atoms with Crippen LogP contribution in [0.2, 0.25) is 0 Å². The van der Waals surface area contributed by atoms with Gasteiger partial charge in [-0.15, -0.1) is 0 Å². The van der Waals surface area contributed by atoms with E-state index in [0.717, 1.165) is 50.1 Å². The van der Waals surface area contributed by atoms with Crippen LogP contribution in [-0.4, -0.2) is 4.98 Å². The zero-order valence-corrected chi connectivity index (χ0v) is 17.2. The molecule has 4 aromatic rings. The Kier molecular flexibility index (Phi) is 4.31. The van der Waals surface area contributed by atoms with E-state index in [2.05, 4.69) is 41.7 Å². The number of pyridine rings is 1. The van der Waals surface area contributed by atoms with Gasteiger partial charge in [-0.1, -0.05) is 61.7 Å². The number of rotatable bonds is 2. The monoisotopic (exact) mass is 400 g/mol. The van der Waals surface area contributed by atoms with Crippen LogP contribution in [0, 0.1) is 18.3 Å². The molecule has 0 saturated carbocycles. The molecular formula is C27H20N4. The largest absolute Gasteiger partial charge is 0.341 e. The minimum absolute atomic E-state index is 0.664. The van der Waals surface area contributed by atoms with Gasteiger partial charge in [-0.25, -0.2) is 0 Å². The lowest BCUT2D eigenvalue weighted by Crippen LogP contribution is -2.29. The van der Waals surface area contributed by atoms with Gasteiger partial charge in [0.2, 0.25) is 0 Å². The van der Waals surface area contributed by atoms with Crippen LogP contribution in [0.3, 0.4) is 0 Å². The zero-order valence-electron chi connectivity index (χ0n) is 17.2. The first-order valence-electron chi connectivity index (χ1n) is 10.0.